The van der Waals surface area contributed by atoms with Gasteiger partial charge >= 0.3 is 0 Å². The van der Waals surface area contributed by atoms with Crippen LogP contribution in [0.4, 0.5) is 0 Å². The highest BCUT2D eigenvalue weighted by Crippen LogP contribution is 2.26. The SMILES string of the molecule is CC(C)Oc1ccc(-c2nc3ccc(/C=C\c4ccc(C5(O)CNC5)cc4)cc3[nH]2)cc1. The number of β-amino-alcohol motifs (C(OH)–C–C–N with tert-alkyl or cyclic N) is 1. The molecule has 5 heteroatoms. The molecule has 0 amide bonds. The first kappa shape index (κ1) is 20.5. The standard InChI is InChI=1S/C27H27N3O2/c1-18(2)32-23-12-8-21(9-13-23)26-29-24-14-7-20(15-25(24)30-26)4-3-19-5-10-22(11-6-19)27(31)16-28-17-27/h3-15,18,28,31H,16-17H2,1-2H3,(H,29,30)/b4-3-. The maximum absolute atomic E-state index is 10.4. The molecule has 0 atom stereocenters. The first-order valence-corrected chi connectivity index (χ1v) is 11.0. The van der Waals surface area contributed by atoms with Gasteiger partial charge in [-0.05, 0) is 66.9 Å². The quantitative estimate of drug-likeness (QED) is 0.381. The van der Waals surface area contributed by atoms with Crippen molar-refractivity contribution in [2.75, 3.05) is 13.1 Å². The van der Waals surface area contributed by atoms with Gasteiger partial charge in [-0.1, -0.05) is 42.5 Å². The third kappa shape index (κ3) is 4.17. The number of hydrogen-bond donors (Lipinski definition) is 3. The van der Waals surface area contributed by atoms with Gasteiger partial charge in [0.05, 0.1) is 17.1 Å². The van der Waals surface area contributed by atoms with Gasteiger partial charge in [-0.25, -0.2) is 4.98 Å². The van der Waals surface area contributed by atoms with Crippen molar-refractivity contribution in [2.45, 2.75) is 25.6 Å². The maximum Gasteiger partial charge on any atom is 0.138 e. The van der Waals surface area contributed by atoms with Crippen LogP contribution >= 0.6 is 0 Å². The summed E-state index contributed by atoms with van der Waals surface area (Å²) in [6, 6.07) is 22.3. The van der Waals surface area contributed by atoms with Crippen molar-refractivity contribution in [3.8, 4) is 17.1 Å². The number of ether oxygens (including phenoxy) is 1. The lowest BCUT2D eigenvalue weighted by Crippen LogP contribution is -2.56. The molecular formula is C27H27N3O2. The Morgan fingerprint density at radius 2 is 1.62 bits per heavy atom. The molecule has 1 aromatic heterocycles. The number of H-pyrrole nitrogens is 1. The summed E-state index contributed by atoms with van der Waals surface area (Å²) in [6.45, 7) is 5.27. The zero-order chi connectivity index (χ0) is 22.1. The van der Waals surface area contributed by atoms with Gasteiger partial charge in [0.2, 0.25) is 0 Å². The second-order valence-corrected chi connectivity index (χ2v) is 8.64. The molecule has 4 aromatic rings. The lowest BCUT2D eigenvalue weighted by atomic mass is 9.88. The normalized spacial score (nSPS) is 15.4. The second kappa shape index (κ2) is 8.26. The van der Waals surface area contributed by atoms with Crippen LogP contribution in [0.15, 0.2) is 66.7 Å². The van der Waals surface area contributed by atoms with Gasteiger partial charge in [-0.2, -0.15) is 0 Å². The second-order valence-electron chi connectivity index (χ2n) is 8.64. The third-order valence-corrected chi connectivity index (χ3v) is 5.76. The van der Waals surface area contributed by atoms with Crippen molar-refractivity contribution in [3.05, 3.63) is 83.4 Å². The summed E-state index contributed by atoms with van der Waals surface area (Å²) in [4.78, 5) is 8.16. The van der Waals surface area contributed by atoms with E-state index in [1.54, 1.807) is 0 Å². The Morgan fingerprint density at radius 1 is 0.938 bits per heavy atom. The highest BCUT2D eigenvalue weighted by molar-refractivity contribution is 5.83. The van der Waals surface area contributed by atoms with E-state index in [9.17, 15) is 5.11 Å². The molecule has 32 heavy (non-hydrogen) atoms. The van der Waals surface area contributed by atoms with E-state index in [2.05, 4.69) is 34.6 Å². The van der Waals surface area contributed by atoms with Crippen molar-refractivity contribution in [1.82, 2.24) is 15.3 Å². The van der Waals surface area contributed by atoms with Crippen LogP contribution in [0.3, 0.4) is 0 Å². The van der Waals surface area contributed by atoms with Crippen LogP contribution in [0.5, 0.6) is 5.75 Å². The van der Waals surface area contributed by atoms with E-state index in [0.717, 1.165) is 44.9 Å². The molecule has 5 rings (SSSR count). The van der Waals surface area contributed by atoms with E-state index in [4.69, 9.17) is 9.72 Å². The van der Waals surface area contributed by atoms with Crippen LogP contribution in [0, 0.1) is 0 Å². The van der Waals surface area contributed by atoms with Crippen LogP contribution in [-0.4, -0.2) is 34.3 Å². The predicted molar refractivity (Wildman–Crippen MR) is 129 cm³/mol. The number of nitrogens with zero attached hydrogens (tertiary/aromatic N) is 1. The largest absolute Gasteiger partial charge is 0.491 e. The Balaban J connectivity index is 1.32. The minimum absolute atomic E-state index is 0.155. The smallest absolute Gasteiger partial charge is 0.138 e. The van der Waals surface area contributed by atoms with Gasteiger partial charge in [-0.15, -0.1) is 0 Å². The van der Waals surface area contributed by atoms with Crippen molar-refractivity contribution in [1.29, 1.82) is 0 Å². The molecule has 2 heterocycles. The van der Waals surface area contributed by atoms with Gasteiger partial charge in [0.1, 0.15) is 17.2 Å². The molecule has 0 spiro atoms. The molecule has 0 bridgehead atoms. The number of hydrogen-bond acceptors (Lipinski definition) is 4. The Morgan fingerprint density at radius 3 is 2.28 bits per heavy atom. The molecule has 0 radical (unpaired) electrons. The summed E-state index contributed by atoms with van der Waals surface area (Å²) in [7, 11) is 0. The average Bonchev–Trinajstić information content (AvgIpc) is 3.20. The molecular weight excluding hydrogens is 398 g/mol. The van der Waals surface area contributed by atoms with Crippen molar-refractivity contribution in [3.63, 3.8) is 0 Å². The number of aromatic amines is 1. The minimum Gasteiger partial charge on any atom is -0.491 e. The highest BCUT2D eigenvalue weighted by atomic mass is 16.5. The van der Waals surface area contributed by atoms with Gasteiger partial charge in [-0.3, -0.25) is 0 Å². The van der Waals surface area contributed by atoms with Gasteiger partial charge < -0.3 is 20.1 Å². The number of fused-ring (bicyclic) bond motifs is 1. The molecule has 0 unspecified atom stereocenters. The van der Waals surface area contributed by atoms with E-state index in [1.807, 2.05) is 68.4 Å². The fraction of sp³-hybridized carbons (Fsp3) is 0.222. The fourth-order valence-corrected chi connectivity index (χ4v) is 3.89. The van der Waals surface area contributed by atoms with Gasteiger partial charge in [0.15, 0.2) is 0 Å². The molecule has 0 aliphatic carbocycles. The predicted octanol–water partition coefficient (Wildman–Crippen LogP) is 4.98. The monoisotopic (exact) mass is 425 g/mol. The van der Waals surface area contributed by atoms with Crippen LogP contribution in [0.25, 0.3) is 34.6 Å². The summed E-state index contributed by atoms with van der Waals surface area (Å²) in [5.74, 6) is 1.70. The zero-order valence-corrected chi connectivity index (χ0v) is 18.3. The van der Waals surface area contributed by atoms with Crippen LogP contribution in [0.1, 0.15) is 30.5 Å². The van der Waals surface area contributed by atoms with E-state index in [-0.39, 0.29) is 6.10 Å². The van der Waals surface area contributed by atoms with E-state index in [0.29, 0.717) is 13.1 Å². The molecule has 5 nitrogen and oxygen atoms in total. The molecule has 1 aliphatic rings. The van der Waals surface area contributed by atoms with Crippen molar-refractivity contribution in [2.24, 2.45) is 0 Å². The number of imidazole rings is 1. The highest BCUT2D eigenvalue weighted by Gasteiger charge is 2.35. The van der Waals surface area contributed by atoms with Crippen molar-refractivity contribution < 1.29 is 9.84 Å². The van der Waals surface area contributed by atoms with Crippen LogP contribution < -0.4 is 10.1 Å². The summed E-state index contributed by atoms with van der Waals surface area (Å²) >= 11 is 0. The molecule has 1 aliphatic heterocycles. The summed E-state index contributed by atoms with van der Waals surface area (Å²) < 4.78 is 5.72. The number of benzene rings is 3. The lowest BCUT2D eigenvalue weighted by Gasteiger charge is -2.38. The average molecular weight is 426 g/mol. The topological polar surface area (TPSA) is 70.2 Å². The molecule has 0 saturated carbocycles. The van der Waals surface area contributed by atoms with E-state index in [1.165, 1.54) is 0 Å². The number of nitrogens with one attached hydrogen (secondary N) is 2. The van der Waals surface area contributed by atoms with E-state index >= 15 is 0 Å². The Labute approximate surface area is 187 Å². The molecule has 162 valence electrons. The van der Waals surface area contributed by atoms with Gasteiger partial charge in [0.25, 0.3) is 0 Å². The Kier molecular flexibility index (Phi) is 5.29. The summed E-state index contributed by atoms with van der Waals surface area (Å²) in [5, 5.41) is 13.5. The number of aliphatic hydroxyl groups is 1. The Hall–Kier alpha value is -3.41. The molecule has 1 fully saturated rings. The minimum atomic E-state index is -0.715. The lowest BCUT2D eigenvalue weighted by molar-refractivity contribution is -0.0146. The summed E-state index contributed by atoms with van der Waals surface area (Å²) in [5.41, 5.74) is 5.40. The fourth-order valence-electron chi connectivity index (χ4n) is 3.89. The van der Waals surface area contributed by atoms with Crippen LogP contribution in [0.2, 0.25) is 0 Å². The first-order chi connectivity index (χ1) is 15.5. The first-order valence-electron chi connectivity index (χ1n) is 11.0. The number of aromatic nitrogens is 2. The molecule has 3 aromatic carbocycles. The zero-order valence-electron chi connectivity index (χ0n) is 18.3. The van der Waals surface area contributed by atoms with E-state index < -0.39 is 5.60 Å². The van der Waals surface area contributed by atoms with Crippen LogP contribution in [-0.2, 0) is 5.60 Å². The Bertz CT molecular complexity index is 1250. The summed E-state index contributed by atoms with van der Waals surface area (Å²) in [6.07, 6.45) is 4.33. The molecule has 3 N–H and O–H groups in total. The van der Waals surface area contributed by atoms with Crippen molar-refractivity contribution >= 4 is 23.2 Å². The number of rotatable bonds is 6. The molecule has 1 saturated heterocycles. The van der Waals surface area contributed by atoms with Gasteiger partial charge in [0, 0.05) is 18.7 Å². The maximum atomic E-state index is 10.4. The third-order valence-electron chi connectivity index (χ3n) is 5.76.